The van der Waals surface area contributed by atoms with Crippen molar-refractivity contribution in [1.29, 1.82) is 5.26 Å². The van der Waals surface area contributed by atoms with Crippen LogP contribution >= 0.6 is 0 Å². The van der Waals surface area contributed by atoms with Crippen LogP contribution in [0.1, 0.15) is 19.3 Å². The lowest BCUT2D eigenvalue weighted by atomic mass is 10.1. The average molecular weight is 412 g/mol. The highest BCUT2D eigenvalue weighted by molar-refractivity contribution is 5.86. The lowest BCUT2D eigenvalue weighted by Gasteiger charge is -2.33. The van der Waals surface area contributed by atoms with Crippen molar-refractivity contribution in [2.24, 2.45) is 0 Å². The van der Waals surface area contributed by atoms with Crippen LogP contribution in [0.25, 0.3) is 10.9 Å². The monoisotopic (exact) mass is 412 g/mol. The minimum atomic E-state index is -1.11. The lowest BCUT2D eigenvalue weighted by Crippen LogP contribution is -2.46. The van der Waals surface area contributed by atoms with E-state index in [2.05, 4.69) is 9.88 Å². The number of ether oxygens (including phenoxy) is 2. The number of nitriles is 1. The number of alkyl halides is 1. The molecule has 2 fully saturated rings. The predicted octanol–water partition coefficient (Wildman–Crippen LogP) is 2.55. The molecule has 0 radical (unpaired) electrons. The van der Waals surface area contributed by atoms with E-state index in [4.69, 9.17) is 14.7 Å². The molecule has 2 atom stereocenters. The van der Waals surface area contributed by atoms with Gasteiger partial charge in [0.25, 0.3) is 0 Å². The van der Waals surface area contributed by atoms with E-state index in [0.29, 0.717) is 13.1 Å². The number of fused-ring (bicyclic) bond motifs is 1. The van der Waals surface area contributed by atoms with E-state index in [9.17, 15) is 9.18 Å². The van der Waals surface area contributed by atoms with Crippen molar-refractivity contribution in [1.82, 2.24) is 14.8 Å². The number of carbonyl (C=O) groups excluding carboxylic acids is 1. The molecule has 2 aromatic rings. The van der Waals surface area contributed by atoms with Gasteiger partial charge in [0.2, 0.25) is 5.91 Å². The number of carbonyl (C=O) groups is 1. The van der Waals surface area contributed by atoms with Crippen molar-refractivity contribution in [3.8, 4) is 17.6 Å². The molecule has 4 rings (SSSR count). The number of aromatic nitrogens is 1. The van der Waals surface area contributed by atoms with E-state index in [0.717, 1.165) is 35.2 Å². The van der Waals surface area contributed by atoms with E-state index in [1.54, 1.807) is 13.3 Å². The van der Waals surface area contributed by atoms with Crippen LogP contribution in [0.15, 0.2) is 30.5 Å². The summed E-state index contributed by atoms with van der Waals surface area (Å²) < 4.78 is 25.2. The highest BCUT2D eigenvalue weighted by atomic mass is 19.1. The summed E-state index contributed by atoms with van der Waals surface area (Å²) in [5.41, 5.74) is 0.847. The molecular formula is C22H25FN4O3. The molecule has 0 bridgehead atoms. The van der Waals surface area contributed by atoms with E-state index in [1.807, 2.05) is 30.3 Å². The van der Waals surface area contributed by atoms with Gasteiger partial charge in [-0.05, 0) is 37.1 Å². The molecule has 0 unspecified atom stereocenters. The van der Waals surface area contributed by atoms with Gasteiger partial charge in [-0.15, -0.1) is 0 Å². The Labute approximate surface area is 175 Å². The Morgan fingerprint density at radius 1 is 1.33 bits per heavy atom. The Morgan fingerprint density at radius 2 is 2.13 bits per heavy atom. The van der Waals surface area contributed by atoms with Crippen LogP contribution in [0.3, 0.4) is 0 Å². The third-order valence-electron chi connectivity index (χ3n) is 5.82. The number of amides is 1. The molecule has 3 heterocycles. The van der Waals surface area contributed by atoms with Crippen LogP contribution in [0.4, 0.5) is 4.39 Å². The topological polar surface area (TPSA) is 78.7 Å². The zero-order valence-electron chi connectivity index (χ0n) is 17.0. The van der Waals surface area contributed by atoms with Crippen molar-refractivity contribution >= 4 is 16.8 Å². The van der Waals surface area contributed by atoms with Crippen LogP contribution in [-0.4, -0.2) is 72.3 Å². The minimum Gasteiger partial charge on any atom is -0.497 e. The molecule has 2 aliphatic heterocycles. The number of halogens is 1. The summed E-state index contributed by atoms with van der Waals surface area (Å²) in [7, 11) is 1.63. The van der Waals surface area contributed by atoms with E-state index in [1.165, 1.54) is 4.90 Å². The number of nitrogens with zero attached hydrogens (tertiary/aromatic N) is 4. The summed E-state index contributed by atoms with van der Waals surface area (Å²) in [5, 5.41) is 10.0. The van der Waals surface area contributed by atoms with Gasteiger partial charge in [-0.1, -0.05) is 0 Å². The maximum Gasteiger partial charge on any atom is 0.237 e. The van der Waals surface area contributed by atoms with Gasteiger partial charge in [0.15, 0.2) is 0 Å². The highest BCUT2D eigenvalue weighted by Gasteiger charge is 2.36. The van der Waals surface area contributed by atoms with Gasteiger partial charge >= 0.3 is 0 Å². The first-order valence-electron chi connectivity index (χ1n) is 10.2. The van der Waals surface area contributed by atoms with Crippen molar-refractivity contribution in [2.75, 3.05) is 33.3 Å². The zero-order valence-corrected chi connectivity index (χ0v) is 17.0. The lowest BCUT2D eigenvalue weighted by molar-refractivity contribution is -0.133. The summed E-state index contributed by atoms with van der Waals surface area (Å²) in [5.74, 6) is 1.35. The Hall–Kier alpha value is -2.92. The quantitative estimate of drug-likeness (QED) is 0.751. The van der Waals surface area contributed by atoms with Gasteiger partial charge in [0.05, 0.1) is 31.8 Å². The van der Waals surface area contributed by atoms with Crippen molar-refractivity contribution in [2.45, 2.75) is 37.6 Å². The van der Waals surface area contributed by atoms with Gasteiger partial charge in [0, 0.05) is 31.1 Å². The summed E-state index contributed by atoms with van der Waals surface area (Å²) in [6.45, 7) is 1.67. The summed E-state index contributed by atoms with van der Waals surface area (Å²) >= 11 is 0. The number of pyridine rings is 1. The third-order valence-corrected chi connectivity index (χ3v) is 5.82. The van der Waals surface area contributed by atoms with Gasteiger partial charge in [0.1, 0.15) is 29.8 Å². The van der Waals surface area contributed by atoms with Gasteiger partial charge < -0.3 is 14.4 Å². The molecule has 1 aromatic carbocycles. The largest absolute Gasteiger partial charge is 0.497 e. The maximum absolute atomic E-state index is 13.6. The molecule has 8 heteroatoms. The van der Waals surface area contributed by atoms with Gasteiger partial charge in [-0.3, -0.25) is 14.7 Å². The Bertz CT molecular complexity index is 955. The van der Waals surface area contributed by atoms with E-state index < -0.39 is 12.2 Å². The number of benzene rings is 1. The van der Waals surface area contributed by atoms with Crippen molar-refractivity contribution < 1.29 is 18.7 Å². The van der Waals surface area contributed by atoms with E-state index in [-0.39, 0.29) is 31.5 Å². The first kappa shape index (κ1) is 20.4. The second kappa shape index (κ2) is 8.84. The third kappa shape index (κ3) is 4.31. The molecule has 1 aromatic heterocycles. The Morgan fingerprint density at radius 3 is 2.87 bits per heavy atom. The van der Waals surface area contributed by atoms with Crippen LogP contribution in [0.2, 0.25) is 0 Å². The average Bonchev–Trinajstić information content (AvgIpc) is 3.16. The number of likely N-dealkylation sites (tertiary alicyclic amines) is 2. The molecule has 2 saturated heterocycles. The molecule has 0 saturated carbocycles. The molecule has 30 heavy (non-hydrogen) atoms. The number of methoxy groups -OCH3 is 1. The molecule has 2 aliphatic rings. The number of hydrogen-bond acceptors (Lipinski definition) is 6. The fraction of sp³-hybridized carbons (Fsp3) is 0.500. The molecule has 158 valence electrons. The zero-order chi connectivity index (χ0) is 21.1. The number of piperidine rings is 1. The summed E-state index contributed by atoms with van der Waals surface area (Å²) in [6.07, 6.45) is 2.36. The van der Waals surface area contributed by atoms with Gasteiger partial charge in [-0.2, -0.15) is 5.26 Å². The van der Waals surface area contributed by atoms with Crippen molar-refractivity contribution in [3.05, 3.63) is 30.5 Å². The minimum absolute atomic E-state index is 0.0230. The molecule has 7 nitrogen and oxygen atoms in total. The normalized spacial score (nSPS) is 22.8. The van der Waals surface area contributed by atoms with Crippen molar-refractivity contribution in [3.63, 3.8) is 0 Å². The van der Waals surface area contributed by atoms with Crippen LogP contribution in [-0.2, 0) is 4.79 Å². The number of hydrogen-bond donors (Lipinski definition) is 0. The van der Waals surface area contributed by atoms with Crippen LogP contribution in [0, 0.1) is 11.3 Å². The maximum atomic E-state index is 13.6. The Kier molecular flexibility index (Phi) is 6.00. The summed E-state index contributed by atoms with van der Waals surface area (Å²) in [4.78, 5) is 20.3. The SMILES string of the molecule is COc1ccc2nccc(OC3CCN(CC(=O)N4C[C@@H](F)C[C@H]4C#N)CC3)c2c1. The smallest absolute Gasteiger partial charge is 0.237 e. The standard InChI is InChI=1S/C22H25FN4O3/c1-29-18-2-3-20-19(11-18)21(4-7-25-20)30-17-5-8-26(9-6-17)14-22(28)27-13-15(23)10-16(27)12-24/h2-4,7,11,15-17H,5-6,8-10,13-14H2,1H3/t15-,16-/m0/s1. The molecule has 1 amide bonds. The van der Waals surface area contributed by atoms with Gasteiger partial charge in [-0.25, -0.2) is 4.39 Å². The molecule has 0 spiro atoms. The van der Waals surface area contributed by atoms with E-state index >= 15 is 0 Å². The number of rotatable bonds is 5. The van der Waals surface area contributed by atoms with Crippen LogP contribution < -0.4 is 9.47 Å². The first-order valence-corrected chi connectivity index (χ1v) is 10.2. The fourth-order valence-electron chi connectivity index (χ4n) is 4.16. The van der Waals surface area contributed by atoms with Crippen LogP contribution in [0.5, 0.6) is 11.5 Å². The molecular weight excluding hydrogens is 387 g/mol. The fourth-order valence-corrected chi connectivity index (χ4v) is 4.16. The second-order valence-corrected chi connectivity index (χ2v) is 7.81. The second-order valence-electron chi connectivity index (χ2n) is 7.81. The predicted molar refractivity (Wildman–Crippen MR) is 109 cm³/mol. The highest BCUT2D eigenvalue weighted by Crippen LogP contribution is 2.30. The molecule has 0 aliphatic carbocycles. The molecule has 0 N–H and O–H groups in total. The summed E-state index contributed by atoms with van der Waals surface area (Å²) in [6, 6.07) is 8.95. The Balaban J connectivity index is 1.34. The first-order chi connectivity index (χ1) is 14.6.